The van der Waals surface area contributed by atoms with Crippen LogP contribution in [-0.2, 0) is 0 Å². The van der Waals surface area contributed by atoms with Gasteiger partial charge in [-0.3, -0.25) is 0 Å². The molecule has 0 aromatic rings. The third kappa shape index (κ3) is 10.3. The SMILES string of the molecule is CC(C)CC1CCC(CCCCCCCCCCN)CC1. The van der Waals surface area contributed by atoms with Gasteiger partial charge in [0, 0.05) is 0 Å². The topological polar surface area (TPSA) is 26.0 Å². The van der Waals surface area contributed by atoms with Crippen molar-refractivity contribution in [1.82, 2.24) is 0 Å². The van der Waals surface area contributed by atoms with Gasteiger partial charge in [-0.2, -0.15) is 0 Å². The molecule has 1 heteroatoms. The summed E-state index contributed by atoms with van der Waals surface area (Å²) in [5.41, 5.74) is 5.51. The van der Waals surface area contributed by atoms with Crippen LogP contribution in [0.15, 0.2) is 0 Å². The summed E-state index contributed by atoms with van der Waals surface area (Å²) in [5, 5.41) is 0. The molecule has 1 aliphatic carbocycles. The zero-order valence-electron chi connectivity index (χ0n) is 14.9. The van der Waals surface area contributed by atoms with Gasteiger partial charge in [0.15, 0.2) is 0 Å². The highest BCUT2D eigenvalue weighted by molar-refractivity contribution is 4.73. The molecule has 0 aromatic heterocycles. The van der Waals surface area contributed by atoms with Crippen molar-refractivity contribution in [3.8, 4) is 0 Å². The van der Waals surface area contributed by atoms with Crippen LogP contribution in [0, 0.1) is 17.8 Å². The van der Waals surface area contributed by atoms with Crippen LogP contribution in [0.1, 0.15) is 104 Å². The Morgan fingerprint density at radius 2 is 1.19 bits per heavy atom. The Bertz CT molecular complexity index is 216. The average molecular weight is 296 g/mol. The van der Waals surface area contributed by atoms with Crippen LogP contribution in [0.25, 0.3) is 0 Å². The van der Waals surface area contributed by atoms with E-state index in [-0.39, 0.29) is 0 Å². The van der Waals surface area contributed by atoms with Gasteiger partial charge in [-0.05, 0) is 37.1 Å². The maximum Gasteiger partial charge on any atom is -0.00773 e. The molecular weight excluding hydrogens is 254 g/mol. The Hall–Kier alpha value is -0.0400. The molecule has 1 aliphatic rings. The van der Waals surface area contributed by atoms with E-state index in [0.29, 0.717) is 0 Å². The van der Waals surface area contributed by atoms with Gasteiger partial charge in [-0.25, -0.2) is 0 Å². The summed E-state index contributed by atoms with van der Waals surface area (Å²) in [5.74, 6) is 3.02. The molecule has 0 aromatic carbocycles. The highest BCUT2D eigenvalue weighted by Gasteiger charge is 2.21. The Labute approximate surface area is 134 Å². The first-order valence-electron chi connectivity index (χ1n) is 9.92. The first kappa shape index (κ1) is 19.0. The zero-order chi connectivity index (χ0) is 15.3. The van der Waals surface area contributed by atoms with E-state index in [9.17, 15) is 0 Å². The van der Waals surface area contributed by atoms with Gasteiger partial charge < -0.3 is 5.73 Å². The molecule has 0 saturated heterocycles. The van der Waals surface area contributed by atoms with E-state index in [1.165, 1.54) is 89.9 Å². The minimum absolute atomic E-state index is 0.874. The van der Waals surface area contributed by atoms with Crippen molar-refractivity contribution in [2.45, 2.75) is 104 Å². The predicted octanol–water partition coefficient (Wildman–Crippen LogP) is 6.31. The number of hydrogen-bond acceptors (Lipinski definition) is 1. The molecule has 0 radical (unpaired) electrons. The fraction of sp³-hybridized carbons (Fsp3) is 1.00. The van der Waals surface area contributed by atoms with Crippen LogP contribution in [0.2, 0.25) is 0 Å². The van der Waals surface area contributed by atoms with Gasteiger partial charge in [0.05, 0.1) is 0 Å². The van der Waals surface area contributed by atoms with Crippen molar-refractivity contribution in [3.05, 3.63) is 0 Å². The van der Waals surface area contributed by atoms with Gasteiger partial charge in [0.25, 0.3) is 0 Å². The van der Waals surface area contributed by atoms with Crippen molar-refractivity contribution >= 4 is 0 Å². The number of hydrogen-bond donors (Lipinski definition) is 1. The fourth-order valence-corrected chi connectivity index (χ4v) is 4.06. The third-order valence-electron chi connectivity index (χ3n) is 5.34. The number of nitrogens with two attached hydrogens (primary N) is 1. The normalized spacial score (nSPS) is 22.9. The summed E-state index contributed by atoms with van der Waals surface area (Å²) in [6.45, 7) is 5.63. The quantitative estimate of drug-likeness (QED) is 0.419. The fourth-order valence-electron chi connectivity index (χ4n) is 4.06. The Balaban J connectivity index is 1.86. The van der Waals surface area contributed by atoms with E-state index < -0.39 is 0 Å². The Morgan fingerprint density at radius 3 is 1.71 bits per heavy atom. The summed E-state index contributed by atoms with van der Waals surface area (Å²) >= 11 is 0. The van der Waals surface area contributed by atoms with Crippen LogP contribution >= 0.6 is 0 Å². The van der Waals surface area contributed by atoms with Crippen LogP contribution in [0.3, 0.4) is 0 Å². The van der Waals surface area contributed by atoms with E-state index >= 15 is 0 Å². The van der Waals surface area contributed by atoms with Gasteiger partial charge in [0.2, 0.25) is 0 Å². The molecule has 1 nitrogen and oxygen atoms in total. The monoisotopic (exact) mass is 295 g/mol. The van der Waals surface area contributed by atoms with Crippen LogP contribution in [-0.4, -0.2) is 6.54 Å². The average Bonchev–Trinajstić information content (AvgIpc) is 2.47. The molecule has 0 heterocycles. The number of unbranched alkanes of at least 4 members (excludes halogenated alkanes) is 7. The lowest BCUT2D eigenvalue weighted by molar-refractivity contribution is 0.232. The lowest BCUT2D eigenvalue weighted by Gasteiger charge is -2.29. The summed E-state index contributed by atoms with van der Waals surface area (Å²) in [4.78, 5) is 0. The first-order valence-corrected chi connectivity index (χ1v) is 9.92. The van der Waals surface area contributed by atoms with E-state index in [0.717, 1.165) is 24.3 Å². The standard InChI is InChI=1S/C20H41N/c1-18(2)17-20-14-12-19(13-15-20)11-9-7-5-3-4-6-8-10-16-21/h18-20H,3-17,21H2,1-2H3. The molecule has 0 unspecified atom stereocenters. The molecule has 0 spiro atoms. The minimum atomic E-state index is 0.874. The molecule has 2 N–H and O–H groups in total. The van der Waals surface area contributed by atoms with Gasteiger partial charge in [-0.1, -0.05) is 90.9 Å². The summed E-state index contributed by atoms with van der Waals surface area (Å²) in [6.07, 6.45) is 20.3. The molecule has 1 saturated carbocycles. The van der Waals surface area contributed by atoms with Gasteiger partial charge >= 0.3 is 0 Å². The first-order chi connectivity index (χ1) is 10.2. The second-order valence-corrected chi connectivity index (χ2v) is 7.92. The maximum absolute atomic E-state index is 5.51. The van der Waals surface area contributed by atoms with Crippen molar-refractivity contribution < 1.29 is 0 Å². The lowest BCUT2D eigenvalue weighted by atomic mass is 9.77. The largest absolute Gasteiger partial charge is 0.330 e. The third-order valence-corrected chi connectivity index (χ3v) is 5.34. The molecule has 0 aliphatic heterocycles. The Morgan fingerprint density at radius 1 is 0.714 bits per heavy atom. The Kier molecular flexibility index (Phi) is 11.3. The van der Waals surface area contributed by atoms with Crippen LogP contribution < -0.4 is 5.73 Å². The van der Waals surface area contributed by atoms with Crippen LogP contribution in [0.4, 0.5) is 0 Å². The second-order valence-electron chi connectivity index (χ2n) is 7.92. The molecule has 0 amide bonds. The highest BCUT2D eigenvalue weighted by atomic mass is 14.5. The summed E-state index contributed by atoms with van der Waals surface area (Å²) in [6, 6.07) is 0. The van der Waals surface area contributed by atoms with Gasteiger partial charge in [-0.15, -0.1) is 0 Å². The number of rotatable bonds is 12. The molecule has 1 fully saturated rings. The maximum atomic E-state index is 5.51. The van der Waals surface area contributed by atoms with Crippen molar-refractivity contribution in [2.24, 2.45) is 23.5 Å². The van der Waals surface area contributed by atoms with Crippen molar-refractivity contribution in [3.63, 3.8) is 0 Å². The highest BCUT2D eigenvalue weighted by Crippen LogP contribution is 2.35. The molecule has 1 rings (SSSR count). The second kappa shape index (κ2) is 12.5. The van der Waals surface area contributed by atoms with E-state index in [1.807, 2.05) is 0 Å². The molecule has 126 valence electrons. The smallest absolute Gasteiger partial charge is 0.00773 e. The van der Waals surface area contributed by atoms with Crippen molar-refractivity contribution in [2.75, 3.05) is 6.54 Å². The molecule has 0 bridgehead atoms. The lowest BCUT2D eigenvalue weighted by Crippen LogP contribution is -2.16. The molecular formula is C20H41N. The van der Waals surface area contributed by atoms with Crippen LogP contribution in [0.5, 0.6) is 0 Å². The minimum Gasteiger partial charge on any atom is -0.330 e. The predicted molar refractivity (Wildman–Crippen MR) is 95.5 cm³/mol. The van der Waals surface area contributed by atoms with Crippen molar-refractivity contribution in [1.29, 1.82) is 0 Å². The molecule has 0 atom stereocenters. The van der Waals surface area contributed by atoms with E-state index in [2.05, 4.69) is 13.8 Å². The van der Waals surface area contributed by atoms with Gasteiger partial charge in [0.1, 0.15) is 0 Å². The van der Waals surface area contributed by atoms with E-state index in [4.69, 9.17) is 5.73 Å². The summed E-state index contributed by atoms with van der Waals surface area (Å²) < 4.78 is 0. The van der Waals surface area contributed by atoms with E-state index in [1.54, 1.807) is 0 Å². The molecule has 21 heavy (non-hydrogen) atoms. The zero-order valence-corrected chi connectivity index (χ0v) is 14.9. The summed E-state index contributed by atoms with van der Waals surface area (Å²) in [7, 11) is 0.